The zero-order chi connectivity index (χ0) is 12.9. The summed E-state index contributed by atoms with van der Waals surface area (Å²) in [6.07, 6.45) is 13.7. The minimum atomic E-state index is 0.354. The molecule has 1 N–H and O–H groups in total. The third-order valence-corrected chi connectivity index (χ3v) is 3.76. The highest BCUT2D eigenvalue weighted by molar-refractivity contribution is 4.57. The molecule has 0 saturated carbocycles. The topological polar surface area (TPSA) is 20.2 Å². The number of rotatable bonds is 12. The maximum Gasteiger partial charge on any atom is 0.0456 e. The van der Waals surface area contributed by atoms with E-state index in [-0.39, 0.29) is 0 Å². The number of aliphatic hydroxyl groups excluding tert-OH is 1. The Bertz CT molecular complexity index is 144. The van der Waals surface area contributed by atoms with Crippen LogP contribution in [0.2, 0.25) is 0 Å². The average molecular weight is 242 g/mol. The van der Waals surface area contributed by atoms with E-state index >= 15 is 0 Å². The van der Waals surface area contributed by atoms with E-state index in [2.05, 4.69) is 20.8 Å². The van der Waals surface area contributed by atoms with Crippen LogP contribution in [0.4, 0.5) is 0 Å². The van der Waals surface area contributed by atoms with E-state index in [0.717, 1.165) is 5.92 Å². The van der Waals surface area contributed by atoms with Gasteiger partial charge in [0, 0.05) is 6.61 Å². The molecule has 0 amide bonds. The number of hydrogen-bond acceptors (Lipinski definition) is 1. The van der Waals surface area contributed by atoms with Crippen molar-refractivity contribution in [3.63, 3.8) is 0 Å². The summed E-state index contributed by atoms with van der Waals surface area (Å²) < 4.78 is 0. The monoisotopic (exact) mass is 242 g/mol. The number of hydrogen-bond donors (Lipinski definition) is 1. The van der Waals surface area contributed by atoms with Crippen LogP contribution < -0.4 is 0 Å². The maximum absolute atomic E-state index is 8.93. The maximum atomic E-state index is 8.93. The van der Waals surface area contributed by atoms with E-state index in [9.17, 15) is 0 Å². The van der Waals surface area contributed by atoms with Gasteiger partial charge in [0.2, 0.25) is 0 Å². The Morgan fingerprint density at radius 1 is 0.706 bits per heavy atom. The molecule has 0 spiro atoms. The minimum Gasteiger partial charge on any atom is -0.396 e. The van der Waals surface area contributed by atoms with Gasteiger partial charge in [-0.05, 0) is 18.3 Å². The second-order valence-corrected chi connectivity index (χ2v) is 5.88. The van der Waals surface area contributed by atoms with Crippen LogP contribution in [0.15, 0.2) is 0 Å². The molecule has 0 aliphatic carbocycles. The summed E-state index contributed by atoms with van der Waals surface area (Å²) in [5.74, 6) is 1.40. The molecule has 2 atom stereocenters. The summed E-state index contributed by atoms with van der Waals surface area (Å²) in [6, 6.07) is 0. The smallest absolute Gasteiger partial charge is 0.0456 e. The molecule has 2 unspecified atom stereocenters. The minimum absolute atomic E-state index is 0.354. The van der Waals surface area contributed by atoms with E-state index in [1.807, 2.05) is 0 Å². The highest BCUT2D eigenvalue weighted by Crippen LogP contribution is 2.18. The van der Waals surface area contributed by atoms with Crippen molar-refractivity contribution in [2.24, 2.45) is 11.8 Å². The molecule has 0 aromatic carbocycles. The van der Waals surface area contributed by atoms with Gasteiger partial charge in [0.1, 0.15) is 0 Å². The van der Waals surface area contributed by atoms with Crippen LogP contribution in [0.3, 0.4) is 0 Å². The van der Waals surface area contributed by atoms with E-state index in [0.29, 0.717) is 12.5 Å². The molecule has 0 aromatic heterocycles. The molecule has 0 aliphatic rings. The lowest BCUT2D eigenvalue weighted by Gasteiger charge is -2.12. The standard InChI is InChI=1S/C16H34O/c1-4-5-6-7-8-11-15(2)12-9-10-13-16(3)14-17/h15-17H,4-14H2,1-3H3. The fourth-order valence-corrected chi connectivity index (χ4v) is 2.32. The largest absolute Gasteiger partial charge is 0.396 e. The number of unbranched alkanes of at least 4 members (excludes halogenated alkanes) is 5. The van der Waals surface area contributed by atoms with Crippen molar-refractivity contribution in [1.82, 2.24) is 0 Å². The lowest BCUT2D eigenvalue weighted by molar-refractivity contribution is 0.226. The van der Waals surface area contributed by atoms with Gasteiger partial charge in [-0.25, -0.2) is 0 Å². The van der Waals surface area contributed by atoms with E-state index in [1.54, 1.807) is 0 Å². The summed E-state index contributed by atoms with van der Waals surface area (Å²) in [7, 11) is 0. The predicted octanol–water partition coefficient (Wildman–Crippen LogP) is 5.17. The van der Waals surface area contributed by atoms with Crippen LogP contribution in [0.25, 0.3) is 0 Å². The number of aliphatic hydroxyl groups is 1. The van der Waals surface area contributed by atoms with Crippen LogP contribution in [-0.4, -0.2) is 11.7 Å². The lowest BCUT2D eigenvalue weighted by atomic mass is 9.95. The quantitative estimate of drug-likeness (QED) is 0.468. The third-order valence-electron chi connectivity index (χ3n) is 3.76. The van der Waals surface area contributed by atoms with Gasteiger partial charge in [-0.3, -0.25) is 0 Å². The summed E-state index contributed by atoms with van der Waals surface area (Å²) in [6.45, 7) is 7.16. The van der Waals surface area contributed by atoms with Crippen molar-refractivity contribution in [3.05, 3.63) is 0 Å². The highest BCUT2D eigenvalue weighted by Gasteiger charge is 2.03. The van der Waals surface area contributed by atoms with Gasteiger partial charge in [0.05, 0.1) is 0 Å². The van der Waals surface area contributed by atoms with Gasteiger partial charge in [0.15, 0.2) is 0 Å². The van der Waals surface area contributed by atoms with Gasteiger partial charge < -0.3 is 5.11 Å². The third kappa shape index (κ3) is 12.2. The molecular formula is C16H34O. The lowest BCUT2D eigenvalue weighted by Crippen LogP contribution is -2.01. The van der Waals surface area contributed by atoms with Gasteiger partial charge in [-0.15, -0.1) is 0 Å². The van der Waals surface area contributed by atoms with Crippen LogP contribution in [0.1, 0.15) is 85.0 Å². The summed E-state index contributed by atoms with van der Waals surface area (Å²) in [5.41, 5.74) is 0. The zero-order valence-electron chi connectivity index (χ0n) is 12.4. The van der Waals surface area contributed by atoms with Crippen LogP contribution in [0, 0.1) is 11.8 Å². The van der Waals surface area contributed by atoms with Gasteiger partial charge in [0.25, 0.3) is 0 Å². The molecule has 0 heterocycles. The summed E-state index contributed by atoms with van der Waals surface area (Å²) in [5, 5.41) is 8.93. The van der Waals surface area contributed by atoms with Gasteiger partial charge in [-0.2, -0.15) is 0 Å². The molecule has 104 valence electrons. The average Bonchev–Trinajstić information content (AvgIpc) is 2.34. The first-order valence-electron chi connectivity index (χ1n) is 7.81. The molecule has 1 heteroatoms. The second-order valence-electron chi connectivity index (χ2n) is 5.88. The molecule has 0 radical (unpaired) electrons. The fourth-order valence-electron chi connectivity index (χ4n) is 2.32. The Kier molecular flexibility index (Phi) is 12.4. The van der Waals surface area contributed by atoms with Crippen molar-refractivity contribution >= 4 is 0 Å². The SMILES string of the molecule is CCCCCCCC(C)CCCCC(C)CO. The van der Waals surface area contributed by atoms with Crippen LogP contribution in [-0.2, 0) is 0 Å². The Morgan fingerprint density at radius 2 is 1.18 bits per heavy atom. The molecule has 1 nitrogen and oxygen atoms in total. The molecule has 0 rings (SSSR count). The first-order chi connectivity index (χ1) is 8.20. The molecular weight excluding hydrogens is 208 g/mol. The van der Waals surface area contributed by atoms with Crippen molar-refractivity contribution < 1.29 is 5.11 Å². The second kappa shape index (κ2) is 12.4. The molecule has 0 bridgehead atoms. The first kappa shape index (κ1) is 17.0. The Balaban J connectivity index is 3.20. The molecule has 0 aliphatic heterocycles. The van der Waals surface area contributed by atoms with Gasteiger partial charge >= 0.3 is 0 Å². The molecule has 17 heavy (non-hydrogen) atoms. The van der Waals surface area contributed by atoms with Gasteiger partial charge in [-0.1, -0.05) is 78.6 Å². The highest BCUT2D eigenvalue weighted by atomic mass is 16.3. The van der Waals surface area contributed by atoms with Crippen LogP contribution >= 0.6 is 0 Å². The summed E-state index contributed by atoms with van der Waals surface area (Å²) in [4.78, 5) is 0. The molecule has 0 aromatic rings. The Hall–Kier alpha value is -0.0400. The summed E-state index contributed by atoms with van der Waals surface area (Å²) >= 11 is 0. The normalized spacial score (nSPS) is 14.8. The van der Waals surface area contributed by atoms with Crippen molar-refractivity contribution in [1.29, 1.82) is 0 Å². The van der Waals surface area contributed by atoms with Crippen molar-refractivity contribution in [2.75, 3.05) is 6.61 Å². The molecule has 0 fully saturated rings. The van der Waals surface area contributed by atoms with Crippen molar-refractivity contribution in [3.8, 4) is 0 Å². The van der Waals surface area contributed by atoms with E-state index < -0.39 is 0 Å². The first-order valence-corrected chi connectivity index (χ1v) is 7.81. The van der Waals surface area contributed by atoms with Crippen LogP contribution in [0.5, 0.6) is 0 Å². The Labute approximate surface area is 109 Å². The van der Waals surface area contributed by atoms with Crippen molar-refractivity contribution in [2.45, 2.75) is 85.0 Å². The fraction of sp³-hybridized carbons (Fsp3) is 1.00. The predicted molar refractivity (Wildman–Crippen MR) is 77.3 cm³/mol. The zero-order valence-corrected chi connectivity index (χ0v) is 12.4. The van der Waals surface area contributed by atoms with E-state index in [4.69, 9.17) is 5.11 Å². The Morgan fingerprint density at radius 3 is 1.71 bits per heavy atom. The van der Waals surface area contributed by atoms with E-state index in [1.165, 1.54) is 64.2 Å². The molecule has 0 saturated heterocycles.